The van der Waals surface area contributed by atoms with Gasteiger partial charge in [-0.25, -0.2) is 0 Å². The molecule has 0 aromatic heterocycles. The van der Waals surface area contributed by atoms with E-state index in [9.17, 15) is 0 Å². The molecule has 0 saturated carbocycles. The van der Waals surface area contributed by atoms with Crippen LogP contribution in [0.5, 0.6) is 0 Å². The maximum Gasteiger partial charge on any atom is 0.0541 e. The Labute approximate surface area is 117 Å². The van der Waals surface area contributed by atoms with Crippen LogP contribution in [0.4, 0.5) is 0 Å². The fourth-order valence-electron chi connectivity index (χ4n) is 1.25. The van der Waals surface area contributed by atoms with Gasteiger partial charge in [0, 0.05) is 17.9 Å². The number of allylic oxidation sites excluding steroid dienone is 1. The zero-order chi connectivity index (χ0) is 14.7. The molecule has 0 aliphatic heterocycles. The Bertz CT molecular complexity index is 405. The smallest absolute Gasteiger partial charge is 0.0541 e. The summed E-state index contributed by atoms with van der Waals surface area (Å²) in [4.78, 5) is 0. The van der Waals surface area contributed by atoms with E-state index in [-0.39, 0.29) is 0 Å². The van der Waals surface area contributed by atoms with Crippen LogP contribution in [0.3, 0.4) is 0 Å². The number of hydrogen-bond acceptors (Lipinski definition) is 2. The maximum absolute atomic E-state index is 3.96. The summed E-state index contributed by atoms with van der Waals surface area (Å²) in [5, 5.41) is 6.43. The van der Waals surface area contributed by atoms with Crippen molar-refractivity contribution in [3.8, 4) is 0 Å². The molecule has 0 amide bonds. The molecule has 2 heteroatoms. The Morgan fingerprint density at radius 2 is 1.58 bits per heavy atom. The largest absolute Gasteiger partial charge is 0.383 e. The third kappa shape index (κ3) is 7.87. The Morgan fingerprint density at radius 1 is 1.00 bits per heavy atom. The van der Waals surface area contributed by atoms with E-state index in [2.05, 4.69) is 42.5 Å². The van der Waals surface area contributed by atoms with Gasteiger partial charge in [-0.3, -0.25) is 0 Å². The number of hydrogen-bond donors (Lipinski definition) is 2. The van der Waals surface area contributed by atoms with Crippen LogP contribution in [-0.4, -0.2) is 6.54 Å². The lowest BCUT2D eigenvalue weighted by atomic mass is 10.2. The summed E-state index contributed by atoms with van der Waals surface area (Å²) in [6, 6.07) is 10.2. The van der Waals surface area contributed by atoms with Crippen molar-refractivity contribution in [2.45, 2.75) is 27.3 Å². The predicted molar refractivity (Wildman–Crippen MR) is 85.7 cm³/mol. The van der Waals surface area contributed by atoms with Gasteiger partial charge in [-0.05, 0) is 18.1 Å². The maximum atomic E-state index is 3.96. The van der Waals surface area contributed by atoms with Crippen molar-refractivity contribution in [3.63, 3.8) is 0 Å². The molecule has 0 radical (unpaired) electrons. The Kier molecular flexibility index (Phi) is 8.98. The second kappa shape index (κ2) is 10.0. The highest BCUT2D eigenvalue weighted by Crippen LogP contribution is 2.00. The molecular formula is C17H26N2. The highest BCUT2D eigenvalue weighted by molar-refractivity contribution is 5.22. The first-order valence-corrected chi connectivity index (χ1v) is 6.64. The molecule has 0 aliphatic rings. The predicted octanol–water partition coefficient (Wildman–Crippen LogP) is 4.00. The van der Waals surface area contributed by atoms with Crippen LogP contribution in [-0.2, 0) is 6.54 Å². The lowest BCUT2D eigenvalue weighted by molar-refractivity contribution is 0.746. The molecule has 0 aliphatic carbocycles. The van der Waals surface area contributed by atoms with Crippen molar-refractivity contribution in [3.05, 3.63) is 72.6 Å². The summed E-state index contributed by atoms with van der Waals surface area (Å²) in [5.74, 6) is 0. The second-order valence-corrected chi connectivity index (χ2v) is 4.06. The van der Waals surface area contributed by atoms with E-state index in [1.807, 2.05) is 39.0 Å². The molecule has 1 aromatic rings. The van der Waals surface area contributed by atoms with E-state index < -0.39 is 0 Å². The van der Waals surface area contributed by atoms with Crippen molar-refractivity contribution in [2.75, 3.05) is 6.54 Å². The zero-order valence-corrected chi connectivity index (χ0v) is 12.4. The molecule has 2 nitrogen and oxygen atoms in total. The molecule has 0 fully saturated rings. The van der Waals surface area contributed by atoms with Gasteiger partial charge in [0.05, 0.1) is 6.54 Å². The van der Waals surface area contributed by atoms with E-state index in [4.69, 9.17) is 0 Å². The van der Waals surface area contributed by atoms with Crippen LogP contribution in [0.2, 0.25) is 0 Å². The Morgan fingerprint density at radius 3 is 2.11 bits per heavy atom. The third-order valence-corrected chi connectivity index (χ3v) is 2.42. The van der Waals surface area contributed by atoms with E-state index in [0.717, 1.165) is 23.5 Å². The molecule has 1 aromatic carbocycles. The quantitative estimate of drug-likeness (QED) is 0.722. The molecule has 0 bridgehead atoms. The van der Waals surface area contributed by atoms with Gasteiger partial charge in [-0.1, -0.05) is 63.9 Å². The summed E-state index contributed by atoms with van der Waals surface area (Å²) in [7, 11) is 0. The standard InChI is InChI=1S/C15H20N2.C2H6/c1-12(2)14(4)17-10-13(3)16-11-15-8-6-5-7-9-15;1-2/h5-9,16-17H,1,3-4,10-11H2,2H3;1-2H3. The molecule has 0 saturated heterocycles. The molecule has 0 heterocycles. The highest BCUT2D eigenvalue weighted by atomic mass is 15.0. The van der Waals surface area contributed by atoms with E-state index in [0.29, 0.717) is 6.54 Å². The van der Waals surface area contributed by atoms with Crippen LogP contribution in [0.15, 0.2) is 67.0 Å². The molecule has 104 valence electrons. The van der Waals surface area contributed by atoms with Crippen molar-refractivity contribution >= 4 is 0 Å². The minimum Gasteiger partial charge on any atom is -0.383 e. The average molecular weight is 258 g/mol. The lowest BCUT2D eigenvalue weighted by Crippen LogP contribution is -2.24. The summed E-state index contributed by atoms with van der Waals surface area (Å²) >= 11 is 0. The van der Waals surface area contributed by atoms with Gasteiger partial charge in [-0.15, -0.1) is 0 Å². The third-order valence-electron chi connectivity index (χ3n) is 2.42. The van der Waals surface area contributed by atoms with Crippen LogP contribution in [0.25, 0.3) is 0 Å². The van der Waals surface area contributed by atoms with Crippen molar-refractivity contribution in [1.29, 1.82) is 0 Å². The molecule has 0 unspecified atom stereocenters. The summed E-state index contributed by atoms with van der Waals surface area (Å²) in [6.07, 6.45) is 0. The van der Waals surface area contributed by atoms with Gasteiger partial charge in [-0.2, -0.15) is 0 Å². The van der Waals surface area contributed by atoms with Crippen LogP contribution < -0.4 is 10.6 Å². The molecule has 1 rings (SSSR count). The van der Waals surface area contributed by atoms with Gasteiger partial charge in [0.2, 0.25) is 0 Å². The lowest BCUT2D eigenvalue weighted by Gasteiger charge is -2.13. The first-order valence-electron chi connectivity index (χ1n) is 6.64. The van der Waals surface area contributed by atoms with Crippen molar-refractivity contribution in [1.82, 2.24) is 10.6 Å². The molecular weight excluding hydrogens is 232 g/mol. The summed E-state index contributed by atoms with van der Waals surface area (Å²) < 4.78 is 0. The van der Waals surface area contributed by atoms with Crippen molar-refractivity contribution < 1.29 is 0 Å². The normalized spacial score (nSPS) is 8.79. The molecule has 2 N–H and O–H groups in total. The van der Waals surface area contributed by atoms with E-state index in [1.54, 1.807) is 0 Å². The molecule has 0 spiro atoms. The fraction of sp³-hybridized carbons (Fsp3) is 0.294. The molecule has 19 heavy (non-hydrogen) atoms. The van der Waals surface area contributed by atoms with E-state index >= 15 is 0 Å². The van der Waals surface area contributed by atoms with Gasteiger partial charge in [0.1, 0.15) is 0 Å². The van der Waals surface area contributed by atoms with Gasteiger partial charge in [0.25, 0.3) is 0 Å². The number of benzene rings is 1. The fourth-order valence-corrected chi connectivity index (χ4v) is 1.25. The van der Waals surface area contributed by atoms with Crippen LogP contribution in [0, 0.1) is 0 Å². The second-order valence-electron chi connectivity index (χ2n) is 4.06. The first kappa shape index (κ1) is 17.0. The SMILES string of the molecule is C=C(CNC(=C)C(=C)C)NCc1ccccc1.CC. The van der Waals surface area contributed by atoms with Gasteiger partial charge >= 0.3 is 0 Å². The number of nitrogens with one attached hydrogen (secondary N) is 2. The topological polar surface area (TPSA) is 24.1 Å². The molecule has 0 atom stereocenters. The average Bonchev–Trinajstić information content (AvgIpc) is 2.45. The number of rotatable bonds is 7. The van der Waals surface area contributed by atoms with Gasteiger partial charge < -0.3 is 10.6 Å². The summed E-state index contributed by atoms with van der Waals surface area (Å²) in [5.41, 5.74) is 3.98. The van der Waals surface area contributed by atoms with E-state index in [1.165, 1.54) is 5.56 Å². The zero-order valence-electron chi connectivity index (χ0n) is 12.4. The van der Waals surface area contributed by atoms with Crippen LogP contribution in [0.1, 0.15) is 26.3 Å². The van der Waals surface area contributed by atoms with Gasteiger partial charge in [0.15, 0.2) is 0 Å². The minimum absolute atomic E-state index is 0.665. The van der Waals surface area contributed by atoms with Crippen molar-refractivity contribution in [2.24, 2.45) is 0 Å². The van der Waals surface area contributed by atoms with Crippen LogP contribution >= 0.6 is 0 Å². The minimum atomic E-state index is 0.665. The first-order chi connectivity index (χ1) is 9.09. The monoisotopic (exact) mass is 258 g/mol. The Hall–Kier alpha value is -1.96. The highest BCUT2D eigenvalue weighted by Gasteiger charge is 1.96. The summed E-state index contributed by atoms with van der Waals surface area (Å²) in [6.45, 7) is 19.0. The Balaban J connectivity index is 0.00000154.